The lowest BCUT2D eigenvalue weighted by atomic mass is 9.83. The number of rotatable bonds is 1. The summed E-state index contributed by atoms with van der Waals surface area (Å²) in [6.07, 6.45) is 9.63. The molecule has 0 heterocycles. The normalized spacial score (nSPS) is 36.2. The van der Waals surface area contributed by atoms with Gasteiger partial charge in [0.05, 0.1) is 0 Å². The molecule has 11 heavy (non-hydrogen) atoms. The first-order valence-electron chi connectivity index (χ1n) is 4.56. The van der Waals surface area contributed by atoms with E-state index in [1.807, 2.05) is 0 Å². The molecular formula is C10H14O. The van der Waals surface area contributed by atoms with Crippen LogP contribution in [0.5, 0.6) is 0 Å². The van der Waals surface area contributed by atoms with Crippen LogP contribution >= 0.6 is 0 Å². The van der Waals surface area contributed by atoms with E-state index in [9.17, 15) is 4.79 Å². The summed E-state index contributed by atoms with van der Waals surface area (Å²) >= 11 is 0. The minimum atomic E-state index is 0.754. The van der Waals surface area contributed by atoms with Gasteiger partial charge in [0.25, 0.3) is 0 Å². The van der Waals surface area contributed by atoms with Crippen LogP contribution in [0.25, 0.3) is 0 Å². The van der Waals surface area contributed by atoms with E-state index in [-0.39, 0.29) is 0 Å². The summed E-state index contributed by atoms with van der Waals surface area (Å²) in [6, 6.07) is 0. The number of hydrogen-bond donors (Lipinski definition) is 0. The number of aldehydes is 1. The molecule has 0 aromatic carbocycles. The third-order valence-electron chi connectivity index (χ3n) is 3.10. The summed E-state index contributed by atoms with van der Waals surface area (Å²) in [4.78, 5) is 10.5. The average molecular weight is 150 g/mol. The number of hydrogen-bond acceptors (Lipinski definition) is 1. The molecule has 2 aliphatic rings. The van der Waals surface area contributed by atoms with E-state index in [2.05, 4.69) is 6.08 Å². The average Bonchev–Trinajstić information content (AvgIpc) is 2.50. The van der Waals surface area contributed by atoms with Gasteiger partial charge in [-0.1, -0.05) is 12.5 Å². The molecule has 2 aliphatic carbocycles. The maximum atomic E-state index is 10.5. The number of carbonyl (C=O) groups excluding carboxylic acids is 1. The van der Waals surface area contributed by atoms with Crippen molar-refractivity contribution in [3.8, 4) is 0 Å². The molecule has 0 amide bonds. The van der Waals surface area contributed by atoms with Gasteiger partial charge in [0, 0.05) is 0 Å². The minimum absolute atomic E-state index is 0.754. The molecular weight excluding hydrogens is 136 g/mol. The van der Waals surface area contributed by atoms with Crippen molar-refractivity contribution in [1.29, 1.82) is 0 Å². The number of allylic oxidation sites excluding steroid dienone is 2. The molecule has 1 fully saturated rings. The van der Waals surface area contributed by atoms with Crippen LogP contribution in [0.2, 0.25) is 0 Å². The summed E-state index contributed by atoms with van der Waals surface area (Å²) in [5.41, 5.74) is 1.05. The molecule has 1 saturated carbocycles. The monoisotopic (exact) mass is 150 g/mol. The summed E-state index contributed by atoms with van der Waals surface area (Å²) in [6.45, 7) is 0. The summed E-state index contributed by atoms with van der Waals surface area (Å²) in [5.74, 6) is 1.67. The Morgan fingerprint density at radius 1 is 1.36 bits per heavy atom. The fourth-order valence-electron chi connectivity index (χ4n) is 2.45. The second kappa shape index (κ2) is 2.80. The highest BCUT2D eigenvalue weighted by atomic mass is 16.1. The van der Waals surface area contributed by atoms with E-state index in [1.165, 1.54) is 25.7 Å². The Labute approximate surface area is 67.5 Å². The van der Waals surface area contributed by atoms with Crippen molar-refractivity contribution < 1.29 is 4.79 Å². The van der Waals surface area contributed by atoms with Gasteiger partial charge in [-0.05, 0) is 43.1 Å². The fraction of sp³-hybridized carbons (Fsp3) is 0.700. The molecule has 0 N–H and O–H groups in total. The molecule has 2 rings (SSSR count). The molecule has 0 spiro atoms. The first kappa shape index (κ1) is 7.08. The molecule has 0 saturated heterocycles. The van der Waals surface area contributed by atoms with Crippen molar-refractivity contribution >= 4 is 6.29 Å². The lowest BCUT2D eigenvalue weighted by Gasteiger charge is -2.21. The van der Waals surface area contributed by atoms with Crippen LogP contribution in [-0.4, -0.2) is 6.29 Å². The van der Waals surface area contributed by atoms with E-state index in [1.54, 1.807) is 0 Å². The van der Waals surface area contributed by atoms with Crippen molar-refractivity contribution in [1.82, 2.24) is 0 Å². The quantitative estimate of drug-likeness (QED) is 0.524. The molecule has 2 atom stereocenters. The summed E-state index contributed by atoms with van der Waals surface area (Å²) < 4.78 is 0. The Bertz CT molecular complexity index is 193. The Kier molecular flexibility index (Phi) is 1.80. The van der Waals surface area contributed by atoms with E-state index >= 15 is 0 Å². The Morgan fingerprint density at radius 2 is 2.27 bits per heavy atom. The molecule has 0 aromatic heterocycles. The molecule has 0 aliphatic heterocycles. The molecule has 0 unspecified atom stereocenters. The maximum absolute atomic E-state index is 10.5. The molecule has 0 radical (unpaired) electrons. The van der Waals surface area contributed by atoms with Gasteiger partial charge in [-0.3, -0.25) is 4.79 Å². The second-order valence-electron chi connectivity index (χ2n) is 3.75. The first-order chi connectivity index (χ1) is 5.40. The summed E-state index contributed by atoms with van der Waals surface area (Å²) in [5, 5.41) is 0. The Balaban J connectivity index is 2.13. The molecule has 0 bridgehead atoms. The van der Waals surface area contributed by atoms with E-state index in [0.29, 0.717) is 0 Å². The minimum Gasteiger partial charge on any atom is -0.298 e. The van der Waals surface area contributed by atoms with Gasteiger partial charge in [0.15, 0.2) is 0 Å². The predicted octanol–water partition coefficient (Wildman–Crippen LogP) is 2.32. The molecule has 60 valence electrons. The molecule has 1 nitrogen and oxygen atoms in total. The lowest BCUT2D eigenvalue weighted by molar-refractivity contribution is -0.105. The van der Waals surface area contributed by atoms with Crippen molar-refractivity contribution in [3.05, 3.63) is 11.6 Å². The Hall–Kier alpha value is -0.590. The van der Waals surface area contributed by atoms with E-state index < -0.39 is 0 Å². The zero-order valence-electron chi connectivity index (χ0n) is 6.75. The van der Waals surface area contributed by atoms with Crippen molar-refractivity contribution in [2.75, 3.05) is 0 Å². The van der Waals surface area contributed by atoms with Crippen LogP contribution in [0.1, 0.15) is 32.1 Å². The van der Waals surface area contributed by atoms with Gasteiger partial charge in [-0.25, -0.2) is 0 Å². The fourth-order valence-corrected chi connectivity index (χ4v) is 2.45. The first-order valence-corrected chi connectivity index (χ1v) is 4.56. The largest absolute Gasteiger partial charge is 0.298 e. The Morgan fingerprint density at radius 3 is 3.09 bits per heavy atom. The maximum Gasteiger partial charge on any atom is 0.145 e. The summed E-state index contributed by atoms with van der Waals surface area (Å²) in [7, 11) is 0. The predicted molar refractivity (Wildman–Crippen MR) is 44.2 cm³/mol. The highest BCUT2D eigenvalue weighted by molar-refractivity contribution is 5.73. The number of fused-ring (bicyclic) bond motifs is 1. The third kappa shape index (κ3) is 1.24. The van der Waals surface area contributed by atoms with Crippen LogP contribution in [0.4, 0.5) is 0 Å². The zero-order valence-corrected chi connectivity index (χ0v) is 6.75. The highest BCUT2D eigenvalue weighted by Crippen LogP contribution is 2.40. The van der Waals surface area contributed by atoms with Gasteiger partial charge in [0.1, 0.15) is 6.29 Å². The van der Waals surface area contributed by atoms with Gasteiger partial charge in [-0.2, -0.15) is 0 Å². The zero-order chi connectivity index (χ0) is 7.68. The standard InChI is InChI=1S/C10H14O/c11-7-8-4-5-9-2-1-3-10(9)6-8/h6-7,9-10H,1-5H2/t9-,10+/m1/s1. The van der Waals surface area contributed by atoms with Crippen molar-refractivity contribution in [2.45, 2.75) is 32.1 Å². The van der Waals surface area contributed by atoms with Gasteiger partial charge in [0.2, 0.25) is 0 Å². The van der Waals surface area contributed by atoms with Crippen LogP contribution < -0.4 is 0 Å². The second-order valence-corrected chi connectivity index (χ2v) is 3.75. The smallest absolute Gasteiger partial charge is 0.145 e. The molecule has 1 heteroatoms. The van der Waals surface area contributed by atoms with Crippen LogP contribution in [0.15, 0.2) is 11.6 Å². The van der Waals surface area contributed by atoms with Crippen LogP contribution in [0.3, 0.4) is 0 Å². The van der Waals surface area contributed by atoms with Crippen LogP contribution in [-0.2, 0) is 4.79 Å². The topological polar surface area (TPSA) is 17.1 Å². The van der Waals surface area contributed by atoms with Gasteiger partial charge < -0.3 is 0 Å². The lowest BCUT2D eigenvalue weighted by Crippen LogP contribution is -2.11. The van der Waals surface area contributed by atoms with Gasteiger partial charge >= 0.3 is 0 Å². The van der Waals surface area contributed by atoms with Crippen LogP contribution in [0, 0.1) is 11.8 Å². The van der Waals surface area contributed by atoms with Crippen molar-refractivity contribution in [2.24, 2.45) is 11.8 Å². The number of carbonyl (C=O) groups is 1. The van der Waals surface area contributed by atoms with Gasteiger partial charge in [-0.15, -0.1) is 0 Å². The molecule has 0 aromatic rings. The van der Waals surface area contributed by atoms with E-state index in [4.69, 9.17) is 0 Å². The van der Waals surface area contributed by atoms with E-state index in [0.717, 1.165) is 30.1 Å². The van der Waals surface area contributed by atoms with Crippen molar-refractivity contribution in [3.63, 3.8) is 0 Å². The SMILES string of the molecule is O=CC1=C[C@@H]2CCC[C@@H]2CC1. The third-order valence-corrected chi connectivity index (χ3v) is 3.10. The highest BCUT2D eigenvalue weighted by Gasteiger charge is 2.28.